The summed E-state index contributed by atoms with van der Waals surface area (Å²) in [6.07, 6.45) is 3.59. The zero-order valence-corrected chi connectivity index (χ0v) is 21.5. The van der Waals surface area contributed by atoms with E-state index in [0.29, 0.717) is 0 Å². The standard InChI is InChI=1S/C24H25ClN4S3/c1-14(2)29-22(19-13-30-21-10-15(3)8-9-17(19)21)27-28-24(29)32-12-16-11-31-23(26-16)18-6-4-5-7-20(18)25/h4-7,11,13-15H,8-10,12H2,1-3H3. The Balaban J connectivity index is 1.38. The minimum Gasteiger partial charge on any atom is -0.299 e. The van der Waals surface area contributed by atoms with Crippen molar-refractivity contribution in [1.29, 1.82) is 0 Å². The minimum absolute atomic E-state index is 0.287. The molecular weight excluding hydrogens is 476 g/mol. The molecular formula is C24H25ClN4S3. The molecule has 0 fully saturated rings. The van der Waals surface area contributed by atoms with Crippen LogP contribution in [0.2, 0.25) is 5.02 Å². The molecule has 3 heterocycles. The molecule has 0 N–H and O–H groups in total. The van der Waals surface area contributed by atoms with Crippen LogP contribution in [0.5, 0.6) is 0 Å². The number of hydrogen-bond acceptors (Lipinski definition) is 6. The van der Waals surface area contributed by atoms with E-state index < -0.39 is 0 Å². The number of benzene rings is 1. The molecule has 0 bridgehead atoms. The smallest absolute Gasteiger partial charge is 0.192 e. The van der Waals surface area contributed by atoms with Gasteiger partial charge in [0.1, 0.15) is 5.01 Å². The highest BCUT2D eigenvalue weighted by Gasteiger charge is 2.25. The van der Waals surface area contributed by atoms with Crippen LogP contribution in [0.1, 0.15) is 49.4 Å². The fourth-order valence-electron chi connectivity index (χ4n) is 4.16. The average Bonchev–Trinajstić information content (AvgIpc) is 3.50. The Morgan fingerprint density at radius 2 is 2.00 bits per heavy atom. The van der Waals surface area contributed by atoms with Crippen LogP contribution in [0.4, 0.5) is 0 Å². The van der Waals surface area contributed by atoms with Crippen molar-refractivity contribution >= 4 is 46.0 Å². The maximum Gasteiger partial charge on any atom is 0.192 e. The summed E-state index contributed by atoms with van der Waals surface area (Å²) in [6, 6.07) is 8.14. The highest BCUT2D eigenvalue weighted by molar-refractivity contribution is 7.98. The van der Waals surface area contributed by atoms with Crippen molar-refractivity contribution in [3.8, 4) is 22.0 Å². The number of hydrogen-bond donors (Lipinski definition) is 0. The van der Waals surface area contributed by atoms with Gasteiger partial charge in [0.15, 0.2) is 11.0 Å². The zero-order valence-electron chi connectivity index (χ0n) is 18.3. The minimum atomic E-state index is 0.287. The molecule has 0 saturated carbocycles. The number of rotatable bonds is 6. The van der Waals surface area contributed by atoms with E-state index in [-0.39, 0.29) is 6.04 Å². The van der Waals surface area contributed by atoms with E-state index in [4.69, 9.17) is 16.6 Å². The lowest BCUT2D eigenvalue weighted by Crippen LogP contribution is -2.10. The molecule has 0 radical (unpaired) electrons. The lowest BCUT2D eigenvalue weighted by Gasteiger charge is -2.19. The van der Waals surface area contributed by atoms with Crippen LogP contribution in [0, 0.1) is 5.92 Å². The van der Waals surface area contributed by atoms with Crippen LogP contribution in [0.15, 0.2) is 40.2 Å². The second kappa shape index (κ2) is 9.29. The Hall–Kier alpha value is -1.67. The maximum absolute atomic E-state index is 6.35. The summed E-state index contributed by atoms with van der Waals surface area (Å²) < 4.78 is 2.28. The van der Waals surface area contributed by atoms with Gasteiger partial charge in [-0.25, -0.2) is 4.98 Å². The first kappa shape index (κ1) is 22.1. The first-order valence-electron chi connectivity index (χ1n) is 10.9. The van der Waals surface area contributed by atoms with Gasteiger partial charge in [-0.3, -0.25) is 4.57 Å². The molecule has 4 nitrogen and oxygen atoms in total. The number of thiazole rings is 1. The van der Waals surface area contributed by atoms with Crippen molar-refractivity contribution in [2.75, 3.05) is 0 Å². The van der Waals surface area contributed by atoms with Crippen molar-refractivity contribution in [1.82, 2.24) is 19.7 Å². The highest BCUT2D eigenvalue weighted by atomic mass is 35.5. The van der Waals surface area contributed by atoms with Crippen LogP contribution in [-0.2, 0) is 18.6 Å². The molecule has 1 aliphatic rings. The first-order chi connectivity index (χ1) is 15.5. The number of nitrogens with zero attached hydrogens (tertiary/aromatic N) is 4. The predicted octanol–water partition coefficient (Wildman–Crippen LogP) is 7.78. The van der Waals surface area contributed by atoms with Crippen molar-refractivity contribution < 1.29 is 0 Å². The van der Waals surface area contributed by atoms with Crippen LogP contribution >= 0.6 is 46.0 Å². The molecule has 3 aromatic heterocycles. The largest absolute Gasteiger partial charge is 0.299 e. The summed E-state index contributed by atoms with van der Waals surface area (Å²) in [6.45, 7) is 6.76. The molecule has 5 rings (SSSR count). The molecule has 1 unspecified atom stereocenters. The number of thioether (sulfide) groups is 1. The monoisotopic (exact) mass is 500 g/mol. The third-order valence-electron chi connectivity index (χ3n) is 5.83. The van der Waals surface area contributed by atoms with Crippen LogP contribution < -0.4 is 0 Å². The normalized spacial score (nSPS) is 16.0. The van der Waals surface area contributed by atoms with E-state index in [0.717, 1.165) is 50.4 Å². The molecule has 4 aromatic rings. The SMILES string of the molecule is CC1CCc2c(-c3nnc(SCc4csc(-c5ccccc5Cl)n4)n3C(C)C)csc2C1. The Morgan fingerprint density at radius 1 is 1.16 bits per heavy atom. The van der Waals surface area contributed by atoms with Crippen LogP contribution in [-0.4, -0.2) is 19.7 Å². The summed E-state index contributed by atoms with van der Waals surface area (Å²) in [5.74, 6) is 2.53. The van der Waals surface area contributed by atoms with Crippen molar-refractivity contribution in [2.45, 2.75) is 57.0 Å². The lowest BCUT2D eigenvalue weighted by molar-refractivity contribution is 0.507. The third kappa shape index (κ3) is 4.28. The summed E-state index contributed by atoms with van der Waals surface area (Å²) in [5, 5.41) is 16.3. The second-order valence-corrected chi connectivity index (χ2v) is 11.8. The Bertz CT molecular complexity index is 1240. The molecule has 32 heavy (non-hydrogen) atoms. The van der Waals surface area contributed by atoms with E-state index in [1.54, 1.807) is 23.1 Å². The molecule has 0 amide bonds. The first-order valence-corrected chi connectivity index (χ1v) is 14.0. The lowest BCUT2D eigenvalue weighted by atomic mass is 9.88. The fraction of sp³-hybridized carbons (Fsp3) is 0.375. The van der Waals surface area contributed by atoms with Crippen LogP contribution in [0.3, 0.4) is 0 Å². The van der Waals surface area contributed by atoms with Crippen molar-refractivity contribution in [3.63, 3.8) is 0 Å². The fourth-order valence-corrected chi connectivity index (χ4v) is 7.61. The molecule has 0 aliphatic heterocycles. The average molecular weight is 501 g/mol. The maximum atomic E-state index is 6.35. The molecule has 0 saturated heterocycles. The van der Waals surface area contributed by atoms with Gasteiger partial charge in [0.05, 0.1) is 10.7 Å². The van der Waals surface area contributed by atoms with Crippen molar-refractivity contribution in [2.24, 2.45) is 5.92 Å². The Morgan fingerprint density at radius 3 is 2.81 bits per heavy atom. The topological polar surface area (TPSA) is 43.6 Å². The zero-order chi connectivity index (χ0) is 22.2. The molecule has 1 aliphatic carbocycles. The van der Waals surface area contributed by atoms with Gasteiger partial charge in [0.25, 0.3) is 0 Å². The van der Waals surface area contributed by atoms with Gasteiger partial charge < -0.3 is 0 Å². The van der Waals surface area contributed by atoms with Gasteiger partial charge in [-0.2, -0.15) is 0 Å². The summed E-state index contributed by atoms with van der Waals surface area (Å²) >= 11 is 11.6. The summed E-state index contributed by atoms with van der Waals surface area (Å²) in [5.41, 5.74) is 4.79. The van der Waals surface area contributed by atoms with Gasteiger partial charge in [-0.15, -0.1) is 32.9 Å². The Kier molecular flexibility index (Phi) is 6.43. The van der Waals surface area contributed by atoms with E-state index in [2.05, 4.69) is 46.3 Å². The number of aromatic nitrogens is 4. The predicted molar refractivity (Wildman–Crippen MR) is 137 cm³/mol. The quantitative estimate of drug-likeness (QED) is 0.253. The second-order valence-electron chi connectivity index (χ2n) is 8.58. The Labute approximate surface area is 206 Å². The summed E-state index contributed by atoms with van der Waals surface area (Å²) in [4.78, 5) is 6.34. The van der Waals surface area contributed by atoms with Crippen molar-refractivity contribution in [3.05, 3.63) is 56.2 Å². The van der Waals surface area contributed by atoms with Gasteiger partial charge in [-0.05, 0) is 50.7 Å². The van der Waals surface area contributed by atoms with Gasteiger partial charge in [0.2, 0.25) is 0 Å². The molecule has 1 aromatic carbocycles. The number of thiophene rings is 1. The number of halogens is 1. The van der Waals surface area contributed by atoms with Gasteiger partial charge in [-0.1, -0.05) is 48.5 Å². The van der Waals surface area contributed by atoms with E-state index in [1.807, 2.05) is 35.6 Å². The van der Waals surface area contributed by atoms with E-state index in [1.165, 1.54) is 28.8 Å². The summed E-state index contributed by atoms with van der Waals surface area (Å²) in [7, 11) is 0. The van der Waals surface area contributed by atoms with E-state index in [9.17, 15) is 0 Å². The van der Waals surface area contributed by atoms with Gasteiger partial charge >= 0.3 is 0 Å². The molecule has 8 heteroatoms. The molecule has 1 atom stereocenters. The van der Waals surface area contributed by atoms with Crippen LogP contribution in [0.25, 0.3) is 22.0 Å². The number of fused-ring (bicyclic) bond motifs is 1. The van der Waals surface area contributed by atoms with E-state index >= 15 is 0 Å². The molecule has 166 valence electrons. The highest BCUT2D eigenvalue weighted by Crippen LogP contribution is 2.39. The molecule has 0 spiro atoms. The van der Waals surface area contributed by atoms with Gasteiger partial charge in [0, 0.05) is 38.6 Å². The third-order valence-corrected chi connectivity index (χ3v) is 9.11.